The third-order valence-corrected chi connectivity index (χ3v) is 2.75. The molecule has 0 radical (unpaired) electrons. The van der Waals surface area contributed by atoms with E-state index in [1.165, 1.54) is 0 Å². The zero-order chi connectivity index (χ0) is 12.8. The maximum atomic E-state index is 9.65. The van der Waals surface area contributed by atoms with Gasteiger partial charge in [0.15, 0.2) is 0 Å². The van der Waals surface area contributed by atoms with Crippen LogP contribution in [0.5, 0.6) is 11.5 Å². The number of nitrogens with zero attached hydrogens (tertiary/aromatic N) is 1. The van der Waals surface area contributed by atoms with Crippen LogP contribution in [0.15, 0.2) is 18.2 Å². The summed E-state index contributed by atoms with van der Waals surface area (Å²) in [6.07, 6.45) is 0.412. The lowest BCUT2D eigenvalue weighted by Gasteiger charge is -2.24. The highest BCUT2D eigenvalue weighted by molar-refractivity contribution is 5.60. The summed E-state index contributed by atoms with van der Waals surface area (Å²) in [5.74, 6) is 1.50. The molecule has 0 spiro atoms. The van der Waals surface area contributed by atoms with Crippen LogP contribution in [0.3, 0.4) is 0 Å². The first kappa shape index (κ1) is 13.6. The van der Waals surface area contributed by atoms with E-state index >= 15 is 0 Å². The van der Waals surface area contributed by atoms with Gasteiger partial charge >= 0.3 is 0 Å². The molecule has 0 aromatic heterocycles. The van der Waals surface area contributed by atoms with Crippen molar-refractivity contribution in [2.45, 2.75) is 19.4 Å². The highest BCUT2D eigenvalue weighted by Crippen LogP contribution is 2.31. The molecular formula is C13H21NO3. The number of hydrogen-bond donors (Lipinski definition) is 1. The normalized spacial score (nSPS) is 12.1. The van der Waals surface area contributed by atoms with Crippen molar-refractivity contribution < 1.29 is 14.6 Å². The number of aliphatic hydroxyl groups excluding tert-OH is 1. The standard InChI is InChI=1S/C13H21NO3/c1-5-10(15)9-14(2)12-7-6-11(16-3)8-13(12)17-4/h6-8,10,15H,5,9H2,1-4H3/t10-/m1/s1. The fraction of sp³-hybridized carbons (Fsp3) is 0.538. The predicted molar refractivity (Wildman–Crippen MR) is 69.1 cm³/mol. The van der Waals surface area contributed by atoms with Crippen molar-refractivity contribution in [1.29, 1.82) is 0 Å². The van der Waals surface area contributed by atoms with Crippen molar-refractivity contribution in [3.05, 3.63) is 18.2 Å². The van der Waals surface area contributed by atoms with Gasteiger partial charge in [-0.3, -0.25) is 0 Å². The molecule has 0 bridgehead atoms. The van der Waals surface area contributed by atoms with Gasteiger partial charge in [0.1, 0.15) is 11.5 Å². The highest BCUT2D eigenvalue weighted by Gasteiger charge is 2.12. The van der Waals surface area contributed by atoms with Crippen LogP contribution in [0, 0.1) is 0 Å². The molecule has 1 aromatic carbocycles. The highest BCUT2D eigenvalue weighted by atomic mass is 16.5. The Morgan fingerprint density at radius 3 is 2.53 bits per heavy atom. The van der Waals surface area contributed by atoms with Gasteiger partial charge in [-0.05, 0) is 18.6 Å². The van der Waals surface area contributed by atoms with Crippen LogP contribution < -0.4 is 14.4 Å². The molecule has 0 heterocycles. The third kappa shape index (κ3) is 3.53. The second kappa shape index (κ2) is 6.35. The van der Waals surface area contributed by atoms with Gasteiger partial charge in [-0.1, -0.05) is 6.92 Å². The van der Waals surface area contributed by atoms with Crippen LogP contribution in [-0.4, -0.2) is 39.0 Å². The number of anilines is 1. The van der Waals surface area contributed by atoms with Crippen LogP contribution in [-0.2, 0) is 0 Å². The molecule has 1 aromatic rings. The molecule has 4 heteroatoms. The quantitative estimate of drug-likeness (QED) is 0.823. The second-order valence-corrected chi connectivity index (χ2v) is 3.98. The molecule has 4 nitrogen and oxygen atoms in total. The number of hydrogen-bond acceptors (Lipinski definition) is 4. The van der Waals surface area contributed by atoms with Crippen LogP contribution in [0.2, 0.25) is 0 Å². The first-order chi connectivity index (χ1) is 8.12. The molecule has 1 rings (SSSR count). The van der Waals surface area contributed by atoms with Gasteiger partial charge in [-0.15, -0.1) is 0 Å². The zero-order valence-electron chi connectivity index (χ0n) is 10.9. The summed E-state index contributed by atoms with van der Waals surface area (Å²) in [5, 5.41) is 9.65. The Morgan fingerprint density at radius 1 is 1.29 bits per heavy atom. The van der Waals surface area contributed by atoms with Gasteiger partial charge in [0.2, 0.25) is 0 Å². The number of ether oxygens (including phenoxy) is 2. The maximum absolute atomic E-state index is 9.65. The molecule has 96 valence electrons. The molecule has 1 atom stereocenters. The number of rotatable bonds is 6. The van der Waals surface area contributed by atoms with E-state index in [0.717, 1.165) is 23.6 Å². The van der Waals surface area contributed by atoms with Crippen molar-refractivity contribution in [2.75, 3.05) is 32.7 Å². The first-order valence-electron chi connectivity index (χ1n) is 5.73. The molecule has 0 aliphatic carbocycles. The Kier molecular flexibility index (Phi) is 5.10. The number of benzene rings is 1. The first-order valence-corrected chi connectivity index (χ1v) is 5.73. The number of methoxy groups -OCH3 is 2. The predicted octanol–water partition coefficient (Wildman–Crippen LogP) is 1.91. The Balaban J connectivity index is 2.88. The van der Waals surface area contributed by atoms with Gasteiger partial charge in [0, 0.05) is 19.7 Å². The van der Waals surface area contributed by atoms with Crippen LogP contribution >= 0.6 is 0 Å². The Labute approximate surface area is 103 Å². The molecule has 0 unspecified atom stereocenters. The van der Waals surface area contributed by atoms with E-state index < -0.39 is 0 Å². The fourth-order valence-corrected chi connectivity index (χ4v) is 1.64. The molecule has 1 N–H and O–H groups in total. The van der Waals surface area contributed by atoms with E-state index in [4.69, 9.17) is 9.47 Å². The molecule has 0 amide bonds. The van der Waals surface area contributed by atoms with Crippen molar-refractivity contribution in [2.24, 2.45) is 0 Å². The van der Waals surface area contributed by atoms with Crippen molar-refractivity contribution in [3.8, 4) is 11.5 Å². The smallest absolute Gasteiger partial charge is 0.145 e. The molecule has 17 heavy (non-hydrogen) atoms. The van der Waals surface area contributed by atoms with Gasteiger partial charge < -0.3 is 19.5 Å². The summed E-state index contributed by atoms with van der Waals surface area (Å²) in [7, 11) is 5.19. The molecule has 0 aliphatic heterocycles. The van der Waals surface area contributed by atoms with Gasteiger partial charge in [0.25, 0.3) is 0 Å². The van der Waals surface area contributed by atoms with Crippen molar-refractivity contribution in [3.63, 3.8) is 0 Å². The Bertz CT molecular complexity index is 355. The summed E-state index contributed by atoms with van der Waals surface area (Å²) < 4.78 is 10.5. The summed E-state index contributed by atoms with van der Waals surface area (Å²) in [5.41, 5.74) is 0.945. The minimum Gasteiger partial charge on any atom is -0.497 e. The van der Waals surface area contributed by atoms with Crippen LogP contribution in [0.25, 0.3) is 0 Å². The lowest BCUT2D eigenvalue weighted by atomic mass is 10.2. The van der Waals surface area contributed by atoms with Gasteiger partial charge in [-0.2, -0.15) is 0 Å². The molecule has 0 saturated heterocycles. The number of aliphatic hydroxyl groups is 1. The lowest BCUT2D eigenvalue weighted by Crippen LogP contribution is -2.28. The van der Waals surface area contributed by atoms with Crippen LogP contribution in [0.1, 0.15) is 13.3 Å². The maximum Gasteiger partial charge on any atom is 0.145 e. The van der Waals surface area contributed by atoms with E-state index in [1.807, 2.05) is 37.1 Å². The summed E-state index contributed by atoms with van der Waals surface area (Å²) in [6.45, 7) is 2.54. The van der Waals surface area contributed by atoms with E-state index in [1.54, 1.807) is 14.2 Å². The van der Waals surface area contributed by atoms with E-state index in [2.05, 4.69) is 0 Å². The van der Waals surface area contributed by atoms with E-state index in [-0.39, 0.29) is 6.10 Å². The largest absolute Gasteiger partial charge is 0.497 e. The zero-order valence-corrected chi connectivity index (χ0v) is 10.9. The summed E-state index contributed by atoms with van der Waals surface area (Å²) in [6, 6.07) is 5.65. The van der Waals surface area contributed by atoms with Gasteiger partial charge in [-0.25, -0.2) is 0 Å². The third-order valence-electron chi connectivity index (χ3n) is 2.75. The minimum atomic E-state index is -0.327. The monoisotopic (exact) mass is 239 g/mol. The topological polar surface area (TPSA) is 41.9 Å². The van der Waals surface area contributed by atoms with Crippen LogP contribution in [0.4, 0.5) is 5.69 Å². The average molecular weight is 239 g/mol. The van der Waals surface area contributed by atoms with E-state index in [9.17, 15) is 5.11 Å². The number of likely N-dealkylation sites (N-methyl/N-ethyl adjacent to an activating group) is 1. The summed E-state index contributed by atoms with van der Waals surface area (Å²) >= 11 is 0. The van der Waals surface area contributed by atoms with E-state index in [0.29, 0.717) is 6.54 Å². The molecule has 0 fully saturated rings. The Hall–Kier alpha value is -1.42. The molecular weight excluding hydrogens is 218 g/mol. The fourth-order valence-electron chi connectivity index (χ4n) is 1.64. The lowest BCUT2D eigenvalue weighted by molar-refractivity contribution is 0.177. The van der Waals surface area contributed by atoms with Gasteiger partial charge in [0.05, 0.1) is 26.0 Å². The molecule has 0 aliphatic rings. The van der Waals surface area contributed by atoms with Crippen molar-refractivity contribution >= 4 is 5.69 Å². The second-order valence-electron chi connectivity index (χ2n) is 3.98. The Morgan fingerprint density at radius 2 is 2.00 bits per heavy atom. The average Bonchev–Trinajstić information content (AvgIpc) is 2.37. The SMILES string of the molecule is CC[C@@H](O)CN(C)c1ccc(OC)cc1OC. The minimum absolute atomic E-state index is 0.327. The molecule has 0 saturated carbocycles. The van der Waals surface area contributed by atoms with Crippen molar-refractivity contribution in [1.82, 2.24) is 0 Å². The summed E-state index contributed by atoms with van der Waals surface area (Å²) in [4.78, 5) is 1.98.